The van der Waals surface area contributed by atoms with Crippen LogP contribution in [0.1, 0.15) is 57.8 Å². The second-order valence-electron chi connectivity index (χ2n) is 5.96. The van der Waals surface area contributed by atoms with Crippen LogP contribution in [-0.2, 0) is 9.47 Å². The van der Waals surface area contributed by atoms with Gasteiger partial charge in [-0.3, -0.25) is 0 Å². The molecule has 130 valence electrons. The van der Waals surface area contributed by atoms with Crippen molar-refractivity contribution in [1.29, 1.82) is 0 Å². The highest BCUT2D eigenvalue weighted by Crippen LogP contribution is 2.17. The monoisotopic (exact) mass is 336 g/mol. The van der Waals surface area contributed by atoms with E-state index in [1.807, 2.05) is 24.3 Å². The van der Waals surface area contributed by atoms with Gasteiger partial charge in [-0.2, -0.15) is 0 Å². The summed E-state index contributed by atoms with van der Waals surface area (Å²) < 4.78 is 10.4. The lowest BCUT2D eigenvalue weighted by molar-refractivity contribution is -0.0441. The van der Waals surface area contributed by atoms with Crippen molar-refractivity contribution in [2.24, 2.45) is 0 Å². The zero-order valence-electron chi connectivity index (χ0n) is 14.7. The zero-order chi connectivity index (χ0) is 16.8. The van der Waals surface area contributed by atoms with Crippen LogP contribution in [0.4, 0.5) is 0 Å². The third kappa shape index (κ3) is 9.79. The molecule has 0 aromatic rings. The van der Waals surface area contributed by atoms with Crippen LogP contribution in [0.2, 0.25) is 6.04 Å². The average molecular weight is 337 g/mol. The molecule has 3 nitrogen and oxygen atoms in total. The molecular weight excluding hydrogens is 304 g/mol. The van der Waals surface area contributed by atoms with E-state index in [4.69, 9.17) is 9.47 Å². The van der Waals surface area contributed by atoms with Crippen LogP contribution in [0.3, 0.4) is 0 Å². The van der Waals surface area contributed by atoms with Crippen LogP contribution in [0.15, 0.2) is 35.6 Å². The third-order valence-corrected chi connectivity index (χ3v) is 5.52. The number of unbranched alkanes of at least 4 members (excludes halogenated alkanes) is 7. The summed E-state index contributed by atoms with van der Waals surface area (Å²) in [7, 11) is 4.17. The highest BCUT2D eigenvalue weighted by atomic mass is 28.2. The molecule has 0 saturated carbocycles. The van der Waals surface area contributed by atoms with E-state index in [0.29, 0.717) is 5.76 Å². The molecule has 0 aromatic carbocycles. The molecule has 0 amide bonds. The molecule has 1 rings (SSSR count). The number of aliphatic hydroxyl groups is 1. The molecule has 1 aliphatic rings. The van der Waals surface area contributed by atoms with Crippen molar-refractivity contribution in [3.63, 3.8) is 0 Å². The van der Waals surface area contributed by atoms with E-state index in [1.165, 1.54) is 51.0 Å². The first-order valence-corrected chi connectivity index (χ1v) is 10.1. The van der Waals surface area contributed by atoms with Gasteiger partial charge in [0.05, 0.1) is 5.76 Å². The lowest BCUT2D eigenvalue weighted by Crippen LogP contribution is -2.20. The van der Waals surface area contributed by atoms with Crippen LogP contribution >= 0.6 is 0 Å². The van der Waals surface area contributed by atoms with E-state index < -0.39 is 0 Å². The first-order chi connectivity index (χ1) is 11.3. The van der Waals surface area contributed by atoms with Gasteiger partial charge in [0.25, 0.3) is 0 Å². The Morgan fingerprint density at radius 3 is 2.00 bits per heavy atom. The maximum atomic E-state index is 9.91. The van der Waals surface area contributed by atoms with Crippen LogP contribution in [0, 0.1) is 0 Å². The van der Waals surface area contributed by atoms with Gasteiger partial charge in [0.2, 0.25) is 0 Å². The predicted molar refractivity (Wildman–Crippen MR) is 97.9 cm³/mol. The van der Waals surface area contributed by atoms with E-state index in [-0.39, 0.29) is 5.91 Å². The lowest BCUT2D eigenvalue weighted by atomic mass is 10.1. The van der Waals surface area contributed by atoms with Crippen molar-refractivity contribution in [2.75, 3.05) is 14.2 Å². The highest BCUT2D eigenvalue weighted by Gasteiger charge is 2.05. The average Bonchev–Trinajstić information content (AvgIpc) is 3.10. The molecule has 0 fully saturated rings. The minimum atomic E-state index is -0.00315. The van der Waals surface area contributed by atoms with Crippen LogP contribution in [-0.4, -0.2) is 34.8 Å². The molecule has 1 aliphatic carbocycles. The van der Waals surface area contributed by atoms with Gasteiger partial charge in [0.15, 0.2) is 0 Å². The van der Waals surface area contributed by atoms with Gasteiger partial charge in [0, 0.05) is 26.2 Å². The van der Waals surface area contributed by atoms with Gasteiger partial charge in [-0.1, -0.05) is 75.3 Å². The summed E-state index contributed by atoms with van der Waals surface area (Å²) in [4.78, 5) is 0. The van der Waals surface area contributed by atoms with E-state index in [2.05, 4.69) is 0 Å². The predicted octanol–water partition coefficient (Wildman–Crippen LogP) is 5.13. The number of rotatable bonds is 14. The fourth-order valence-corrected chi connectivity index (χ4v) is 3.69. The fraction of sp³-hybridized carbons (Fsp3) is 0.684. The van der Waals surface area contributed by atoms with E-state index in [1.54, 1.807) is 14.2 Å². The largest absolute Gasteiger partial charge is 0.512 e. The summed E-state index contributed by atoms with van der Waals surface area (Å²) in [5.74, 6) is 0.540. The maximum Gasteiger partial charge on any atom is 0.136 e. The van der Waals surface area contributed by atoms with E-state index >= 15 is 0 Å². The molecule has 0 heterocycles. The topological polar surface area (TPSA) is 38.7 Å². The Balaban J connectivity index is 1.84. The Labute approximate surface area is 144 Å². The highest BCUT2D eigenvalue weighted by molar-refractivity contribution is 6.36. The maximum absolute atomic E-state index is 9.91. The van der Waals surface area contributed by atoms with Crippen molar-refractivity contribution in [3.05, 3.63) is 35.6 Å². The Morgan fingerprint density at radius 2 is 1.43 bits per heavy atom. The molecule has 4 heteroatoms. The molecule has 2 radical (unpaired) electrons. The van der Waals surface area contributed by atoms with Crippen molar-refractivity contribution in [2.45, 2.75) is 69.7 Å². The molecule has 1 N–H and O–H groups in total. The SMILES string of the molecule is COC(OC)[Si]CCCCCCCCCCC(O)=C1C=CC=C1. The summed E-state index contributed by atoms with van der Waals surface area (Å²) in [5.41, 5.74) is 0.981. The quantitative estimate of drug-likeness (QED) is 0.207. The Morgan fingerprint density at radius 1 is 0.913 bits per heavy atom. The van der Waals surface area contributed by atoms with Gasteiger partial charge in [-0.05, 0) is 6.42 Å². The first kappa shape index (κ1) is 20.2. The molecule has 0 bridgehead atoms. The Hall–Kier alpha value is -0.843. The summed E-state index contributed by atoms with van der Waals surface area (Å²) in [6.07, 6.45) is 18.9. The minimum Gasteiger partial charge on any atom is -0.512 e. The third-order valence-electron chi connectivity index (χ3n) is 4.08. The number of methoxy groups -OCH3 is 2. The minimum absolute atomic E-state index is 0.00315. The van der Waals surface area contributed by atoms with Gasteiger partial charge >= 0.3 is 0 Å². The summed E-state index contributed by atoms with van der Waals surface area (Å²) in [6.45, 7) is 0. The molecule has 0 atom stereocenters. The Kier molecular flexibility index (Phi) is 11.9. The molecule has 0 spiro atoms. The standard InChI is InChI=1S/C19H32O3Si/c1-21-19(22-2)23-16-12-8-6-4-3-5-7-9-15-18(20)17-13-10-11-14-17/h10-11,13-14,19-20H,3-9,12,15-16H2,1-2H3. The number of allylic oxidation sites excluding steroid dienone is 6. The van der Waals surface area contributed by atoms with Gasteiger partial charge in [0.1, 0.15) is 15.4 Å². The van der Waals surface area contributed by atoms with Gasteiger partial charge in [-0.15, -0.1) is 0 Å². The van der Waals surface area contributed by atoms with Crippen molar-refractivity contribution < 1.29 is 14.6 Å². The number of ether oxygens (including phenoxy) is 2. The molecule has 0 unspecified atom stereocenters. The molecule has 23 heavy (non-hydrogen) atoms. The van der Waals surface area contributed by atoms with Crippen molar-refractivity contribution in [3.8, 4) is 0 Å². The lowest BCUT2D eigenvalue weighted by Gasteiger charge is -2.11. The first-order valence-electron chi connectivity index (χ1n) is 8.83. The number of hydrogen-bond acceptors (Lipinski definition) is 3. The second kappa shape index (κ2) is 13.6. The van der Waals surface area contributed by atoms with Crippen LogP contribution in [0.25, 0.3) is 0 Å². The van der Waals surface area contributed by atoms with Crippen molar-refractivity contribution >= 4 is 9.52 Å². The summed E-state index contributed by atoms with van der Waals surface area (Å²) in [6, 6.07) is 1.21. The molecular formula is C19H32O3Si. The van der Waals surface area contributed by atoms with Crippen LogP contribution in [0.5, 0.6) is 0 Å². The van der Waals surface area contributed by atoms with E-state index in [9.17, 15) is 5.11 Å². The van der Waals surface area contributed by atoms with Crippen molar-refractivity contribution in [1.82, 2.24) is 0 Å². The zero-order valence-corrected chi connectivity index (χ0v) is 15.7. The summed E-state index contributed by atoms with van der Waals surface area (Å²) in [5, 5.41) is 9.91. The van der Waals surface area contributed by atoms with Gasteiger partial charge < -0.3 is 14.6 Å². The number of hydrogen-bond donors (Lipinski definition) is 1. The molecule has 0 saturated heterocycles. The summed E-state index contributed by atoms with van der Waals surface area (Å²) >= 11 is 0. The smallest absolute Gasteiger partial charge is 0.136 e. The van der Waals surface area contributed by atoms with Crippen LogP contribution < -0.4 is 0 Å². The van der Waals surface area contributed by atoms with E-state index in [0.717, 1.165) is 27.9 Å². The second-order valence-corrected chi connectivity index (χ2v) is 7.34. The number of aliphatic hydroxyl groups excluding tert-OH is 1. The van der Waals surface area contributed by atoms with Gasteiger partial charge in [-0.25, -0.2) is 0 Å². The Bertz CT molecular complexity index is 370. The molecule has 0 aromatic heterocycles. The normalized spacial score (nSPS) is 13.4. The molecule has 0 aliphatic heterocycles. The fourth-order valence-electron chi connectivity index (χ4n) is 2.67.